The lowest BCUT2D eigenvalue weighted by molar-refractivity contribution is 0.566. The molecule has 0 heterocycles. The molecule has 0 aromatic heterocycles. The molecule has 0 bridgehead atoms. The smallest absolute Gasteiger partial charge is 0.241 e. The van der Waals surface area contributed by atoms with Crippen LogP contribution in [0.3, 0.4) is 0 Å². The average Bonchev–Trinajstić information content (AvgIpc) is 2.37. The first kappa shape index (κ1) is 15.5. The molecule has 3 N–H and O–H groups in total. The fourth-order valence-corrected chi connectivity index (χ4v) is 3.86. The normalized spacial score (nSPS) is 13.1. The van der Waals surface area contributed by atoms with Crippen LogP contribution in [0.1, 0.15) is 29.7 Å². The van der Waals surface area contributed by atoms with Crippen LogP contribution in [0, 0.1) is 13.8 Å². The van der Waals surface area contributed by atoms with E-state index in [2.05, 4.69) is 4.72 Å². The van der Waals surface area contributed by atoms with Crippen molar-refractivity contribution in [3.63, 3.8) is 0 Å². The molecule has 2 aromatic rings. The summed E-state index contributed by atoms with van der Waals surface area (Å²) in [7, 11) is -3.58. The summed E-state index contributed by atoms with van der Waals surface area (Å²) >= 11 is 0. The number of nitrogens with two attached hydrogens (primary N) is 1. The molecule has 0 aliphatic carbocycles. The number of hydrogen-bond donors (Lipinski definition) is 2. The number of hydrogen-bond acceptors (Lipinski definition) is 3. The van der Waals surface area contributed by atoms with Gasteiger partial charge < -0.3 is 5.73 Å². The molecule has 21 heavy (non-hydrogen) atoms. The molecule has 0 amide bonds. The predicted octanol–water partition coefficient (Wildman–Crippen LogP) is 2.93. The van der Waals surface area contributed by atoms with Crippen LogP contribution in [0.2, 0.25) is 0 Å². The summed E-state index contributed by atoms with van der Waals surface area (Å²) in [4.78, 5) is 0.261. The van der Waals surface area contributed by atoms with E-state index < -0.39 is 10.0 Å². The number of benzene rings is 2. The van der Waals surface area contributed by atoms with E-state index in [4.69, 9.17) is 5.73 Å². The van der Waals surface area contributed by atoms with Gasteiger partial charge in [0, 0.05) is 11.7 Å². The lowest BCUT2D eigenvalue weighted by Gasteiger charge is -2.17. The van der Waals surface area contributed by atoms with Crippen LogP contribution in [0.15, 0.2) is 47.4 Å². The minimum absolute atomic E-state index is 0.261. The molecule has 1 unspecified atom stereocenters. The number of nitrogens with one attached hydrogen (secondary N) is 1. The molecule has 1 atom stereocenters. The Kier molecular flexibility index (Phi) is 4.34. The molecule has 0 saturated heterocycles. The number of nitrogen functional groups attached to an aromatic ring is 1. The van der Waals surface area contributed by atoms with E-state index in [0.29, 0.717) is 11.3 Å². The maximum absolute atomic E-state index is 12.5. The lowest BCUT2D eigenvalue weighted by atomic mass is 10.0. The van der Waals surface area contributed by atoms with Crippen molar-refractivity contribution in [2.24, 2.45) is 0 Å². The largest absolute Gasteiger partial charge is 0.399 e. The number of sulfonamides is 1. The Hall–Kier alpha value is -1.85. The molecule has 4 nitrogen and oxygen atoms in total. The van der Waals surface area contributed by atoms with Gasteiger partial charge >= 0.3 is 0 Å². The van der Waals surface area contributed by atoms with Crippen molar-refractivity contribution in [3.05, 3.63) is 59.2 Å². The van der Waals surface area contributed by atoms with Crippen LogP contribution in [-0.2, 0) is 10.0 Å². The third-order valence-corrected chi connectivity index (χ3v) is 5.18. The molecule has 2 rings (SSSR count). The van der Waals surface area contributed by atoms with E-state index in [1.165, 1.54) is 6.07 Å². The lowest BCUT2D eigenvalue weighted by Crippen LogP contribution is -2.28. The van der Waals surface area contributed by atoms with Crippen LogP contribution in [0.25, 0.3) is 0 Å². The standard InChI is InChI=1S/C16H20N2O2S/c1-11-6-4-5-7-15(11)13(3)18-21(19,20)16-9-8-14(17)10-12(16)2/h4-10,13,18H,17H2,1-3H3. The van der Waals surface area contributed by atoms with Crippen molar-refractivity contribution in [3.8, 4) is 0 Å². The fraction of sp³-hybridized carbons (Fsp3) is 0.250. The molecule has 0 aliphatic rings. The van der Waals surface area contributed by atoms with Gasteiger partial charge in [-0.2, -0.15) is 0 Å². The van der Waals surface area contributed by atoms with E-state index in [0.717, 1.165) is 11.1 Å². The van der Waals surface area contributed by atoms with Crippen LogP contribution in [-0.4, -0.2) is 8.42 Å². The second-order valence-corrected chi connectivity index (χ2v) is 6.91. The zero-order valence-corrected chi connectivity index (χ0v) is 13.2. The SMILES string of the molecule is Cc1ccccc1C(C)NS(=O)(=O)c1ccc(N)cc1C. The first-order chi connectivity index (χ1) is 9.81. The summed E-state index contributed by atoms with van der Waals surface area (Å²) in [6.07, 6.45) is 0. The molecule has 0 spiro atoms. The average molecular weight is 304 g/mol. The quantitative estimate of drug-likeness (QED) is 0.853. The highest BCUT2D eigenvalue weighted by molar-refractivity contribution is 7.89. The Bertz CT molecular complexity index is 755. The van der Waals surface area contributed by atoms with Gasteiger partial charge in [-0.3, -0.25) is 0 Å². The Morgan fingerprint density at radius 2 is 1.71 bits per heavy atom. The summed E-state index contributed by atoms with van der Waals surface area (Å²) in [6, 6.07) is 12.2. The third-order valence-electron chi connectivity index (χ3n) is 3.48. The van der Waals surface area contributed by atoms with Crippen LogP contribution < -0.4 is 10.5 Å². The van der Waals surface area contributed by atoms with Gasteiger partial charge in [0.1, 0.15) is 0 Å². The van der Waals surface area contributed by atoms with Crippen molar-refractivity contribution in [1.82, 2.24) is 4.72 Å². The maximum Gasteiger partial charge on any atom is 0.241 e. The highest BCUT2D eigenvalue weighted by atomic mass is 32.2. The van der Waals surface area contributed by atoms with Gasteiger partial charge in [0.05, 0.1) is 4.90 Å². The summed E-state index contributed by atoms with van der Waals surface area (Å²) in [5.74, 6) is 0. The van der Waals surface area contributed by atoms with Crippen LogP contribution >= 0.6 is 0 Å². The summed E-state index contributed by atoms with van der Waals surface area (Å²) < 4.78 is 27.7. The predicted molar refractivity (Wildman–Crippen MR) is 85.5 cm³/mol. The van der Waals surface area contributed by atoms with Gasteiger partial charge in [0.2, 0.25) is 10.0 Å². The first-order valence-electron chi connectivity index (χ1n) is 6.75. The van der Waals surface area contributed by atoms with E-state index >= 15 is 0 Å². The summed E-state index contributed by atoms with van der Waals surface area (Å²) in [5.41, 5.74) is 8.88. The molecular formula is C16H20N2O2S. The van der Waals surface area contributed by atoms with E-state index in [-0.39, 0.29) is 10.9 Å². The van der Waals surface area contributed by atoms with E-state index in [9.17, 15) is 8.42 Å². The molecule has 2 aromatic carbocycles. The summed E-state index contributed by atoms with van der Waals surface area (Å²) in [5, 5.41) is 0. The van der Waals surface area contributed by atoms with Crippen molar-refractivity contribution in [2.45, 2.75) is 31.7 Å². The summed E-state index contributed by atoms with van der Waals surface area (Å²) in [6.45, 7) is 5.55. The van der Waals surface area contributed by atoms with Gasteiger partial charge in [-0.25, -0.2) is 13.1 Å². The minimum atomic E-state index is -3.58. The first-order valence-corrected chi connectivity index (χ1v) is 8.23. The number of aryl methyl sites for hydroxylation is 2. The molecular weight excluding hydrogens is 284 g/mol. The zero-order chi connectivity index (χ0) is 15.6. The molecule has 5 heteroatoms. The molecule has 0 fully saturated rings. The molecule has 0 aliphatic heterocycles. The topological polar surface area (TPSA) is 72.2 Å². The van der Waals surface area contributed by atoms with Gasteiger partial charge in [0.15, 0.2) is 0 Å². The third kappa shape index (κ3) is 3.43. The molecule has 112 valence electrons. The van der Waals surface area contributed by atoms with Crippen molar-refractivity contribution in [1.29, 1.82) is 0 Å². The van der Waals surface area contributed by atoms with Gasteiger partial charge in [-0.05, 0) is 55.7 Å². The van der Waals surface area contributed by atoms with E-state index in [1.54, 1.807) is 19.1 Å². The minimum Gasteiger partial charge on any atom is -0.399 e. The van der Waals surface area contributed by atoms with Gasteiger partial charge in [-0.1, -0.05) is 24.3 Å². The monoisotopic (exact) mass is 304 g/mol. The Morgan fingerprint density at radius 1 is 1.05 bits per heavy atom. The zero-order valence-electron chi connectivity index (χ0n) is 12.4. The van der Waals surface area contributed by atoms with Crippen LogP contribution in [0.4, 0.5) is 5.69 Å². The Labute approximate surface area is 126 Å². The van der Waals surface area contributed by atoms with Crippen LogP contribution in [0.5, 0.6) is 0 Å². The second kappa shape index (κ2) is 5.87. The van der Waals surface area contributed by atoms with Gasteiger partial charge in [-0.15, -0.1) is 0 Å². The number of rotatable bonds is 4. The van der Waals surface area contributed by atoms with E-state index in [1.807, 2.05) is 38.1 Å². The molecule has 0 saturated carbocycles. The highest BCUT2D eigenvalue weighted by Gasteiger charge is 2.21. The van der Waals surface area contributed by atoms with Crippen molar-refractivity contribution >= 4 is 15.7 Å². The Morgan fingerprint density at radius 3 is 2.33 bits per heavy atom. The molecule has 0 radical (unpaired) electrons. The number of anilines is 1. The second-order valence-electron chi connectivity index (χ2n) is 5.22. The van der Waals surface area contributed by atoms with Crippen molar-refractivity contribution in [2.75, 3.05) is 5.73 Å². The maximum atomic E-state index is 12.5. The highest BCUT2D eigenvalue weighted by Crippen LogP contribution is 2.22. The Balaban J connectivity index is 2.31. The fourth-order valence-electron chi connectivity index (χ4n) is 2.41. The van der Waals surface area contributed by atoms with Gasteiger partial charge in [0.25, 0.3) is 0 Å². The van der Waals surface area contributed by atoms with Crippen molar-refractivity contribution < 1.29 is 8.42 Å².